The van der Waals surface area contributed by atoms with E-state index in [4.69, 9.17) is 0 Å². The number of carbonyl (C=O) groups excluding carboxylic acids is 1. The molecule has 4 fully saturated rings. The fourth-order valence-electron chi connectivity index (χ4n) is 5.37. The van der Waals surface area contributed by atoms with Gasteiger partial charge in [0.1, 0.15) is 0 Å². The summed E-state index contributed by atoms with van der Waals surface area (Å²) in [5.41, 5.74) is 0.493. The van der Waals surface area contributed by atoms with Gasteiger partial charge in [-0.2, -0.15) is 4.39 Å². The van der Waals surface area contributed by atoms with Crippen LogP contribution in [0.5, 0.6) is 0 Å². The van der Waals surface area contributed by atoms with Gasteiger partial charge in [0.2, 0.25) is 5.95 Å². The molecule has 0 N–H and O–H groups in total. The highest BCUT2D eigenvalue weighted by molar-refractivity contribution is 5.94. The van der Waals surface area contributed by atoms with Crippen LogP contribution in [0.15, 0.2) is 18.3 Å². The maximum atomic E-state index is 12.9. The molecule has 4 heteroatoms. The molecule has 1 heterocycles. The molecule has 0 saturated heterocycles. The van der Waals surface area contributed by atoms with Crippen LogP contribution < -0.4 is 0 Å². The second-order valence-electron chi connectivity index (χ2n) is 7.21. The summed E-state index contributed by atoms with van der Waals surface area (Å²) in [6.07, 6.45) is 7.92. The SMILES string of the molecule is CN(C(=O)c1ccc(F)nc1)C1C2CC3CC(C2)CC1C3. The van der Waals surface area contributed by atoms with Gasteiger partial charge < -0.3 is 4.90 Å². The molecule has 0 radical (unpaired) electrons. The van der Waals surface area contributed by atoms with Gasteiger partial charge in [0, 0.05) is 19.3 Å². The first kappa shape index (κ1) is 13.2. The van der Waals surface area contributed by atoms with Gasteiger partial charge in [-0.25, -0.2) is 4.98 Å². The molecular formula is C17H21FN2O. The zero-order valence-corrected chi connectivity index (χ0v) is 12.3. The smallest absolute Gasteiger partial charge is 0.255 e. The van der Waals surface area contributed by atoms with Gasteiger partial charge >= 0.3 is 0 Å². The summed E-state index contributed by atoms with van der Waals surface area (Å²) in [7, 11) is 1.92. The van der Waals surface area contributed by atoms with Crippen molar-refractivity contribution in [2.45, 2.75) is 38.1 Å². The van der Waals surface area contributed by atoms with Crippen LogP contribution in [0.1, 0.15) is 42.5 Å². The molecule has 0 spiro atoms. The minimum Gasteiger partial charge on any atom is -0.338 e. The predicted octanol–water partition coefficient (Wildman–Crippen LogP) is 3.12. The molecule has 21 heavy (non-hydrogen) atoms. The van der Waals surface area contributed by atoms with Crippen molar-refractivity contribution in [2.75, 3.05) is 7.05 Å². The normalized spacial score (nSPS) is 36.8. The summed E-state index contributed by atoms with van der Waals surface area (Å²) < 4.78 is 12.9. The zero-order valence-electron chi connectivity index (χ0n) is 12.3. The van der Waals surface area contributed by atoms with Gasteiger partial charge in [-0.3, -0.25) is 4.79 Å². The van der Waals surface area contributed by atoms with Crippen LogP contribution in [-0.2, 0) is 0 Å². The van der Waals surface area contributed by atoms with Gasteiger partial charge in [0.05, 0.1) is 5.56 Å². The van der Waals surface area contributed by atoms with E-state index in [-0.39, 0.29) is 5.91 Å². The number of hydrogen-bond acceptors (Lipinski definition) is 2. The molecule has 4 bridgehead atoms. The molecule has 0 atom stereocenters. The van der Waals surface area contributed by atoms with Crippen LogP contribution in [0, 0.1) is 29.6 Å². The topological polar surface area (TPSA) is 33.2 Å². The lowest BCUT2D eigenvalue weighted by molar-refractivity contribution is -0.0491. The Kier molecular flexibility index (Phi) is 3.02. The van der Waals surface area contributed by atoms with E-state index in [1.54, 1.807) is 0 Å². The van der Waals surface area contributed by atoms with Crippen LogP contribution in [0.2, 0.25) is 0 Å². The maximum Gasteiger partial charge on any atom is 0.255 e. The van der Waals surface area contributed by atoms with Crippen LogP contribution in [0.4, 0.5) is 4.39 Å². The molecule has 4 aliphatic rings. The van der Waals surface area contributed by atoms with Gasteiger partial charge in [0.25, 0.3) is 5.91 Å². The Morgan fingerprint density at radius 3 is 2.29 bits per heavy atom. The number of hydrogen-bond donors (Lipinski definition) is 0. The van der Waals surface area contributed by atoms with Gasteiger partial charge in [-0.05, 0) is 67.9 Å². The first-order valence-corrected chi connectivity index (χ1v) is 8.00. The molecule has 1 aromatic heterocycles. The molecular weight excluding hydrogens is 267 g/mol. The van der Waals surface area contributed by atoms with E-state index < -0.39 is 5.95 Å². The third-order valence-electron chi connectivity index (χ3n) is 5.92. The Labute approximate surface area is 124 Å². The van der Waals surface area contributed by atoms with Crippen molar-refractivity contribution in [3.8, 4) is 0 Å². The second-order valence-corrected chi connectivity index (χ2v) is 7.21. The molecule has 5 rings (SSSR count). The van der Waals surface area contributed by atoms with Crippen molar-refractivity contribution in [3.05, 3.63) is 29.8 Å². The Bertz CT molecular complexity index is 528. The van der Waals surface area contributed by atoms with E-state index in [1.807, 2.05) is 11.9 Å². The molecule has 0 aliphatic heterocycles. The minimum absolute atomic E-state index is 0.0139. The van der Waals surface area contributed by atoms with Crippen molar-refractivity contribution in [3.63, 3.8) is 0 Å². The highest BCUT2D eigenvalue weighted by Gasteiger charge is 2.50. The molecule has 4 aliphatic carbocycles. The van der Waals surface area contributed by atoms with E-state index in [0.717, 1.165) is 11.8 Å². The monoisotopic (exact) mass is 288 g/mol. The van der Waals surface area contributed by atoms with E-state index in [9.17, 15) is 9.18 Å². The highest BCUT2D eigenvalue weighted by Crippen LogP contribution is 2.55. The molecule has 0 aromatic carbocycles. The highest BCUT2D eigenvalue weighted by atomic mass is 19.1. The van der Waals surface area contributed by atoms with Crippen molar-refractivity contribution in [2.24, 2.45) is 23.7 Å². The summed E-state index contributed by atoms with van der Waals surface area (Å²) >= 11 is 0. The Morgan fingerprint density at radius 1 is 1.14 bits per heavy atom. The summed E-state index contributed by atoms with van der Waals surface area (Å²) in [5.74, 6) is 2.59. The lowest BCUT2D eigenvalue weighted by Gasteiger charge is -2.56. The molecule has 112 valence electrons. The van der Waals surface area contributed by atoms with Crippen LogP contribution in [0.25, 0.3) is 0 Å². The molecule has 4 saturated carbocycles. The fraction of sp³-hybridized carbons (Fsp3) is 0.647. The third-order valence-corrected chi connectivity index (χ3v) is 5.92. The number of amides is 1. The number of carbonyl (C=O) groups is 1. The van der Waals surface area contributed by atoms with Gasteiger partial charge in [-0.1, -0.05) is 0 Å². The lowest BCUT2D eigenvalue weighted by Crippen LogP contribution is -2.56. The summed E-state index contributed by atoms with van der Waals surface area (Å²) in [6.45, 7) is 0. The van der Waals surface area contributed by atoms with E-state index >= 15 is 0 Å². The molecule has 3 nitrogen and oxygen atoms in total. The van der Waals surface area contributed by atoms with E-state index in [0.29, 0.717) is 23.4 Å². The average Bonchev–Trinajstić information content (AvgIpc) is 2.46. The van der Waals surface area contributed by atoms with Crippen LogP contribution in [0.3, 0.4) is 0 Å². The maximum absolute atomic E-state index is 12.9. The van der Waals surface area contributed by atoms with Crippen LogP contribution >= 0.6 is 0 Å². The first-order chi connectivity index (χ1) is 10.1. The quantitative estimate of drug-likeness (QED) is 0.783. The molecule has 1 amide bonds. The number of halogens is 1. The third kappa shape index (κ3) is 2.16. The van der Waals surface area contributed by atoms with E-state index in [2.05, 4.69) is 4.98 Å². The van der Waals surface area contributed by atoms with Crippen molar-refractivity contribution < 1.29 is 9.18 Å². The summed E-state index contributed by atoms with van der Waals surface area (Å²) in [5, 5.41) is 0. The Morgan fingerprint density at radius 2 is 1.76 bits per heavy atom. The Hall–Kier alpha value is -1.45. The average molecular weight is 288 g/mol. The Balaban J connectivity index is 1.55. The number of nitrogens with zero attached hydrogens (tertiary/aromatic N) is 2. The van der Waals surface area contributed by atoms with Gasteiger partial charge in [0.15, 0.2) is 0 Å². The summed E-state index contributed by atoms with van der Waals surface area (Å²) in [6, 6.07) is 3.17. The second kappa shape index (κ2) is 4.79. The van der Waals surface area contributed by atoms with E-state index in [1.165, 1.54) is 50.4 Å². The molecule has 1 aromatic rings. The zero-order chi connectivity index (χ0) is 14.6. The van der Waals surface area contributed by atoms with Crippen molar-refractivity contribution in [1.29, 1.82) is 0 Å². The number of aromatic nitrogens is 1. The van der Waals surface area contributed by atoms with Crippen LogP contribution in [-0.4, -0.2) is 28.9 Å². The first-order valence-electron chi connectivity index (χ1n) is 8.00. The van der Waals surface area contributed by atoms with Crippen molar-refractivity contribution >= 4 is 5.91 Å². The standard InChI is InChI=1S/C17H21FN2O/c1-20(17(21)12-2-3-15(18)19-9-12)16-13-5-10-4-11(7-13)8-14(16)6-10/h2-3,9-11,13-14,16H,4-8H2,1H3. The summed E-state index contributed by atoms with van der Waals surface area (Å²) in [4.78, 5) is 18.2. The largest absolute Gasteiger partial charge is 0.338 e. The number of pyridine rings is 1. The van der Waals surface area contributed by atoms with Gasteiger partial charge in [-0.15, -0.1) is 0 Å². The lowest BCUT2D eigenvalue weighted by atomic mass is 9.54. The van der Waals surface area contributed by atoms with Crippen molar-refractivity contribution in [1.82, 2.24) is 9.88 Å². The molecule has 0 unspecified atom stereocenters. The number of rotatable bonds is 2. The predicted molar refractivity (Wildman–Crippen MR) is 77.1 cm³/mol. The fourth-order valence-corrected chi connectivity index (χ4v) is 5.37. The minimum atomic E-state index is -0.538.